The highest BCUT2D eigenvalue weighted by Crippen LogP contribution is 2.41. The van der Waals surface area contributed by atoms with Gasteiger partial charge >= 0.3 is 6.03 Å². The maximum Gasteiger partial charge on any atom is 0.312 e. The molecule has 272 valence electrons. The Labute approximate surface area is 292 Å². The molecule has 15 heteroatoms. The Morgan fingerprint density at radius 2 is 1.71 bits per heavy atom. The number of urea groups is 1. The monoisotopic (exact) mass is 704 g/mol. The number of imide groups is 1. The summed E-state index contributed by atoms with van der Waals surface area (Å²) in [6.45, 7) is 11.5. The van der Waals surface area contributed by atoms with Gasteiger partial charge in [0.1, 0.15) is 18.7 Å². The third-order valence-corrected chi connectivity index (χ3v) is 10.1. The smallest absolute Gasteiger partial charge is 0.312 e. The van der Waals surface area contributed by atoms with Crippen molar-refractivity contribution in [3.63, 3.8) is 0 Å². The lowest BCUT2D eigenvalue weighted by molar-refractivity contribution is -0.149. The van der Waals surface area contributed by atoms with Gasteiger partial charge in [0.05, 0.1) is 5.25 Å². The quantitative estimate of drug-likeness (QED) is 0.0768. The normalized spacial score (nSPS) is 18.1. The molecule has 5 unspecified atom stereocenters. The van der Waals surface area contributed by atoms with Crippen LogP contribution in [0.15, 0.2) is 24.3 Å². The summed E-state index contributed by atoms with van der Waals surface area (Å²) in [5.74, 6) is -2.37. The van der Waals surface area contributed by atoms with Gasteiger partial charge in [0.25, 0.3) is 6.47 Å². The first kappa shape index (κ1) is 41.0. The van der Waals surface area contributed by atoms with Gasteiger partial charge in [0.2, 0.25) is 29.5 Å². The van der Waals surface area contributed by atoms with E-state index in [-0.39, 0.29) is 50.1 Å². The maximum atomic E-state index is 14.0. The Bertz CT molecular complexity index is 1360. The van der Waals surface area contributed by atoms with E-state index in [0.717, 1.165) is 0 Å². The van der Waals surface area contributed by atoms with Crippen LogP contribution < -0.4 is 27.0 Å². The molecule has 14 nitrogen and oxygen atoms in total. The Hall–Kier alpha value is -4.14. The second kappa shape index (κ2) is 18.6. The largest absolute Gasteiger partial charge is 0.463 e. The van der Waals surface area contributed by atoms with Crippen LogP contribution in [-0.2, 0) is 40.1 Å². The van der Waals surface area contributed by atoms with Crippen LogP contribution in [0.2, 0.25) is 0 Å². The van der Waals surface area contributed by atoms with Gasteiger partial charge in [0.15, 0.2) is 0 Å². The number of nitrogens with two attached hydrogens (primary N) is 1. The molecular formula is C34H52N6O8S. The number of primary amides is 1. The van der Waals surface area contributed by atoms with Crippen LogP contribution in [-0.4, -0.2) is 82.6 Å². The minimum Gasteiger partial charge on any atom is -0.463 e. The number of carbonyl (C=O) groups excluding carboxylic acids is 7. The number of nitrogens with zero attached hydrogens (tertiary/aromatic N) is 1. The van der Waals surface area contributed by atoms with Crippen molar-refractivity contribution in [2.75, 3.05) is 18.1 Å². The van der Waals surface area contributed by atoms with Crippen LogP contribution >= 0.6 is 11.8 Å². The fraction of sp³-hybridized carbons (Fsp3) is 0.618. The van der Waals surface area contributed by atoms with Crippen molar-refractivity contribution >= 4 is 59.5 Å². The minimum absolute atomic E-state index is 0.0767. The first-order valence-electron chi connectivity index (χ1n) is 16.5. The average Bonchev–Trinajstić information content (AvgIpc) is 3.36. The molecule has 0 spiro atoms. The van der Waals surface area contributed by atoms with Crippen LogP contribution in [0.25, 0.3) is 0 Å². The van der Waals surface area contributed by atoms with E-state index in [1.54, 1.807) is 51.3 Å². The molecule has 1 saturated heterocycles. The summed E-state index contributed by atoms with van der Waals surface area (Å²) in [5, 5.41) is 10.5. The molecule has 0 aliphatic carbocycles. The second-order valence-corrected chi connectivity index (χ2v) is 14.3. The van der Waals surface area contributed by atoms with Crippen molar-refractivity contribution in [2.45, 2.75) is 110 Å². The molecule has 0 bridgehead atoms. The Kier molecular flexibility index (Phi) is 15.6. The summed E-state index contributed by atoms with van der Waals surface area (Å²) in [4.78, 5) is 90.3. The molecule has 1 aliphatic heterocycles. The van der Waals surface area contributed by atoms with Crippen LogP contribution in [0.3, 0.4) is 0 Å². The van der Waals surface area contributed by atoms with Crippen molar-refractivity contribution in [1.82, 2.24) is 20.9 Å². The molecule has 49 heavy (non-hydrogen) atoms. The zero-order valence-corrected chi connectivity index (χ0v) is 30.4. The van der Waals surface area contributed by atoms with E-state index in [9.17, 15) is 33.6 Å². The third kappa shape index (κ3) is 11.2. The lowest BCUT2D eigenvalue weighted by Gasteiger charge is -2.43. The fourth-order valence-electron chi connectivity index (χ4n) is 5.87. The molecule has 1 aliphatic rings. The van der Waals surface area contributed by atoms with Gasteiger partial charge in [-0.05, 0) is 68.9 Å². The number of ether oxygens (including phenoxy) is 1. The van der Waals surface area contributed by atoms with Crippen molar-refractivity contribution in [3.8, 4) is 0 Å². The van der Waals surface area contributed by atoms with Gasteiger partial charge < -0.3 is 31.7 Å². The number of anilines is 1. The van der Waals surface area contributed by atoms with E-state index in [1.165, 1.54) is 16.7 Å². The number of carbonyl (C=O) groups is 7. The summed E-state index contributed by atoms with van der Waals surface area (Å²) in [6, 6.07) is 3.86. The predicted octanol–water partition coefficient (Wildman–Crippen LogP) is 2.84. The number of nitrogens with one attached hydrogen (secondary N) is 4. The maximum absolute atomic E-state index is 14.0. The summed E-state index contributed by atoms with van der Waals surface area (Å²) in [6.07, 6.45) is 3.40. The third-order valence-electron chi connectivity index (χ3n) is 9.17. The molecule has 0 radical (unpaired) electrons. The molecule has 2 rings (SSSR count). The molecular weight excluding hydrogens is 652 g/mol. The molecule has 5 atom stereocenters. The lowest BCUT2D eigenvalue weighted by Crippen LogP contribution is -2.58. The average molecular weight is 705 g/mol. The van der Waals surface area contributed by atoms with Gasteiger partial charge in [-0.3, -0.25) is 33.7 Å². The number of benzene rings is 1. The van der Waals surface area contributed by atoms with Gasteiger partial charge in [-0.2, -0.15) is 11.8 Å². The molecule has 1 fully saturated rings. The molecule has 0 saturated carbocycles. The first-order chi connectivity index (χ1) is 23.0. The van der Waals surface area contributed by atoms with Crippen molar-refractivity contribution < 1.29 is 38.3 Å². The van der Waals surface area contributed by atoms with Gasteiger partial charge in [0, 0.05) is 29.6 Å². The number of likely N-dealkylation sites (tertiary alicyclic amines) is 1. The first-order valence-corrected chi connectivity index (χ1v) is 17.8. The van der Waals surface area contributed by atoms with Gasteiger partial charge in [-0.15, -0.1) is 0 Å². The zero-order valence-electron chi connectivity index (χ0n) is 29.6. The van der Waals surface area contributed by atoms with E-state index in [2.05, 4.69) is 21.3 Å². The van der Waals surface area contributed by atoms with Gasteiger partial charge in [-0.1, -0.05) is 46.8 Å². The molecule has 1 aromatic rings. The summed E-state index contributed by atoms with van der Waals surface area (Å²) >= 11 is 1.33. The van der Waals surface area contributed by atoms with E-state index >= 15 is 0 Å². The number of hydrogen-bond donors (Lipinski definition) is 5. The highest BCUT2D eigenvalue weighted by molar-refractivity contribution is 8.00. The van der Waals surface area contributed by atoms with Crippen molar-refractivity contribution in [2.24, 2.45) is 17.1 Å². The summed E-state index contributed by atoms with van der Waals surface area (Å²) < 4.78 is 4.75. The topological polar surface area (TPSA) is 206 Å². The number of rotatable bonds is 20. The van der Waals surface area contributed by atoms with Crippen LogP contribution in [0.1, 0.15) is 85.6 Å². The van der Waals surface area contributed by atoms with Crippen LogP contribution in [0.4, 0.5) is 10.5 Å². The van der Waals surface area contributed by atoms with E-state index < -0.39 is 52.0 Å². The second-order valence-electron chi connectivity index (χ2n) is 13.2. The predicted molar refractivity (Wildman–Crippen MR) is 187 cm³/mol. The minimum atomic E-state index is -1.05. The highest BCUT2D eigenvalue weighted by atomic mass is 32.2. The van der Waals surface area contributed by atoms with E-state index in [0.29, 0.717) is 37.0 Å². The van der Waals surface area contributed by atoms with Gasteiger partial charge in [-0.25, -0.2) is 4.79 Å². The molecule has 1 heterocycles. The van der Waals surface area contributed by atoms with Crippen LogP contribution in [0.5, 0.6) is 0 Å². The van der Waals surface area contributed by atoms with Crippen molar-refractivity contribution in [1.29, 1.82) is 0 Å². The van der Waals surface area contributed by atoms with Crippen LogP contribution in [0, 0.1) is 11.3 Å². The molecule has 1 aromatic carbocycles. The Morgan fingerprint density at radius 3 is 2.22 bits per heavy atom. The van der Waals surface area contributed by atoms with E-state index in [1.807, 2.05) is 20.8 Å². The van der Waals surface area contributed by atoms with Crippen molar-refractivity contribution in [3.05, 3.63) is 29.8 Å². The van der Waals surface area contributed by atoms with E-state index in [4.69, 9.17) is 10.5 Å². The summed E-state index contributed by atoms with van der Waals surface area (Å²) in [5.41, 5.74) is 4.36. The zero-order chi connectivity index (χ0) is 36.9. The number of hydrogen-bond acceptors (Lipinski definition) is 9. The Morgan fingerprint density at radius 1 is 1.06 bits per heavy atom. The molecule has 0 aromatic heterocycles. The molecule has 6 N–H and O–H groups in total. The SMILES string of the molecule is CCC(C)(CC(C)(CC)N1C(=O)CC(SC)C1=O)C(=O)NC(C(=O)NC(CCCNC(N)=O)C(=O)Nc1ccc(COC=O)cc1)C(C)C. The number of amides is 7. The number of thioether (sulfide) groups is 1. The highest BCUT2D eigenvalue weighted by Gasteiger charge is 2.51. The molecule has 7 amide bonds. The lowest BCUT2D eigenvalue weighted by atomic mass is 9.73. The summed E-state index contributed by atoms with van der Waals surface area (Å²) in [7, 11) is 0. The Balaban J connectivity index is 2.25. The fourth-order valence-corrected chi connectivity index (χ4v) is 6.48. The standard InChI is InChI=1S/C34H52N6O8S/c1-8-33(5,19-34(6,9-2)40-26(42)17-25(49-7)30(40)45)31(46)39-27(21(3)4)29(44)38-24(11-10-16-36-32(35)47)28(43)37-23-14-12-22(13-15-23)18-48-20-41/h12-15,20-21,24-25,27H,8-11,16-19H2,1-7H3,(H,37,43)(H,38,44)(H,39,46)(H3,35,36,47).